The van der Waals surface area contributed by atoms with E-state index in [4.69, 9.17) is 10.5 Å². The summed E-state index contributed by atoms with van der Waals surface area (Å²) in [4.78, 5) is 0. The summed E-state index contributed by atoms with van der Waals surface area (Å²) < 4.78 is 17.8. The van der Waals surface area contributed by atoms with Crippen molar-refractivity contribution in [3.8, 4) is 0 Å². The van der Waals surface area contributed by atoms with Crippen molar-refractivity contribution >= 4 is 12.4 Å². The SMILES string of the molecule is Cl.NCCC12COC(CF)(C1)C2. The Labute approximate surface area is 78.1 Å². The quantitative estimate of drug-likeness (QED) is 0.737. The largest absolute Gasteiger partial charge is 0.372 e. The van der Waals surface area contributed by atoms with Gasteiger partial charge in [-0.1, -0.05) is 0 Å². The van der Waals surface area contributed by atoms with Crippen molar-refractivity contribution < 1.29 is 9.13 Å². The molecule has 3 aliphatic rings. The van der Waals surface area contributed by atoms with Crippen LogP contribution in [-0.4, -0.2) is 25.4 Å². The van der Waals surface area contributed by atoms with E-state index in [0.717, 1.165) is 25.9 Å². The molecule has 0 atom stereocenters. The standard InChI is InChI=1S/C8H14FNO.ClH/c9-5-8-3-7(4-8,1-2-10)6-11-8;/h1-6,10H2;1H. The van der Waals surface area contributed by atoms with Gasteiger partial charge in [0, 0.05) is 5.41 Å². The average Bonchev–Trinajstić information content (AvgIpc) is 2.43. The van der Waals surface area contributed by atoms with Crippen molar-refractivity contribution in [3.05, 3.63) is 0 Å². The minimum absolute atomic E-state index is 0. The molecule has 0 aromatic rings. The highest BCUT2D eigenvalue weighted by molar-refractivity contribution is 5.85. The van der Waals surface area contributed by atoms with E-state index < -0.39 is 0 Å². The van der Waals surface area contributed by atoms with Gasteiger partial charge < -0.3 is 10.5 Å². The lowest BCUT2D eigenvalue weighted by molar-refractivity contribution is -0.0354. The Morgan fingerprint density at radius 2 is 2.08 bits per heavy atom. The van der Waals surface area contributed by atoms with Gasteiger partial charge in [-0.2, -0.15) is 0 Å². The Kier molecular flexibility index (Phi) is 2.66. The number of hydrogen-bond acceptors (Lipinski definition) is 2. The Hall–Kier alpha value is 0.140. The van der Waals surface area contributed by atoms with E-state index in [1.54, 1.807) is 0 Å². The summed E-state index contributed by atoms with van der Waals surface area (Å²) in [7, 11) is 0. The normalized spacial score (nSPS) is 43.5. The lowest BCUT2D eigenvalue weighted by Crippen LogP contribution is -2.46. The summed E-state index contributed by atoms with van der Waals surface area (Å²) >= 11 is 0. The van der Waals surface area contributed by atoms with E-state index in [-0.39, 0.29) is 30.1 Å². The number of rotatable bonds is 3. The van der Waals surface area contributed by atoms with Crippen LogP contribution in [0.2, 0.25) is 0 Å². The Balaban J connectivity index is 0.000000720. The third-order valence-electron chi connectivity index (χ3n) is 3.00. The lowest BCUT2D eigenvalue weighted by atomic mass is 9.61. The fourth-order valence-corrected chi connectivity index (χ4v) is 2.51. The first kappa shape index (κ1) is 10.2. The number of alkyl halides is 1. The third-order valence-corrected chi connectivity index (χ3v) is 3.00. The summed E-state index contributed by atoms with van der Waals surface area (Å²) in [5.41, 5.74) is 5.34. The van der Waals surface area contributed by atoms with Crippen molar-refractivity contribution in [1.82, 2.24) is 0 Å². The molecule has 1 aliphatic carbocycles. The topological polar surface area (TPSA) is 35.2 Å². The van der Waals surface area contributed by atoms with Gasteiger partial charge in [-0.15, -0.1) is 12.4 Å². The lowest BCUT2D eigenvalue weighted by Gasteiger charge is -2.42. The molecule has 12 heavy (non-hydrogen) atoms. The molecule has 2 saturated heterocycles. The van der Waals surface area contributed by atoms with E-state index in [2.05, 4.69) is 0 Å². The average molecular weight is 196 g/mol. The van der Waals surface area contributed by atoms with Crippen molar-refractivity contribution in [2.45, 2.75) is 24.9 Å². The van der Waals surface area contributed by atoms with Crippen LogP contribution in [0.5, 0.6) is 0 Å². The molecule has 0 spiro atoms. The molecule has 3 fully saturated rings. The molecule has 2 heterocycles. The maximum absolute atomic E-state index is 12.4. The molecular formula is C8H15ClFNO. The van der Waals surface area contributed by atoms with Crippen molar-refractivity contribution in [2.24, 2.45) is 11.1 Å². The maximum Gasteiger partial charge on any atom is 0.118 e. The second-order valence-corrected chi connectivity index (χ2v) is 4.00. The summed E-state index contributed by atoms with van der Waals surface area (Å²) in [6.45, 7) is 1.11. The molecule has 0 amide bonds. The van der Waals surface area contributed by atoms with Gasteiger partial charge in [-0.3, -0.25) is 0 Å². The highest BCUT2D eigenvalue weighted by Gasteiger charge is 2.61. The summed E-state index contributed by atoms with van der Waals surface area (Å²) in [5, 5.41) is 0. The highest BCUT2D eigenvalue weighted by Crippen LogP contribution is 2.59. The van der Waals surface area contributed by atoms with Crippen LogP contribution in [-0.2, 0) is 4.74 Å². The van der Waals surface area contributed by atoms with E-state index in [1.165, 1.54) is 0 Å². The Bertz CT molecular complexity index is 170. The van der Waals surface area contributed by atoms with Crippen molar-refractivity contribution in [2.75, 3.05) is 19.8 Å². The molecule has 2 N–H and O–H groups in total. The first-order valence-corrected chi connectivity index (χ1v) is 4.14. The summed E-state index contributed by atoms with van der Waals surface area (Å²) in [6.07, 6.45) is 2.79. The summed E-state index contributed by atoms with van der Waals surface area (Å²) in [6, 6.07) is 0. The van der Waals surface area contributed by atoms with Crippen LogP contribution in [0.4, 0.5) is 4.39 Å². The van der Waals surface area contributed by atoms with Gasteiger partial charge in [0.05, 0.1) is 12.2 Å². The van der Waals surface area contributed by atoms with Crippen LogP contribution in [0.1, 0.15) is 19.3 Å². The first-order valence-electron chi connectivity index (χ1n) is 4.14. The monoisotopic (exact) mass is 195 g/mol. The van der Waals surface area contributed by atoms with Crippen LogP contribution in [0.25, 0.3) is 0 Å². The molecule has 0 radical (unpaired) electrons. The number of hydrogen-bond donors (Lipinski definition) is 1. The number of ether oxygens (including phenoxy) is 1. The molecule has 4 heteroatoms. The number of nitrogens with two attached hydrogens (primary N) is 1. The zero-order valence-electron chi connectivity index (χ0n) is 7.01. The van der Waals surface area contributed by atoms with Gasteiger partial charge in [0.15, 0.2) is 0 Å². The van der Waals surface area contributed by atoms with Crippen molar-refractivity contribution in [3.63, 3.8) is 0 Å². The van der Waals surface area contributed by atoms with E-state index in [1.807, 2.05) is 0 Å². The number of halogens is 2. The summed E-state index contributed by atoms with van der Waals surface area (Å²) in [5.74, 6) is 0. The van der Waals surface area contributed by atoms with Crippen LogP contribution >= 0.6 is 12.4 Å². The van der Waals surface area contributed by atoms with Crippen LogP contribution < -0.4 is 5.73 Å². The highest BCUT2D eigenvalue weighted by atomic mass is 35.5. The predicted octanol–water partition coefficient (Wildman–Crippen LogP) is 1.28. The van der Waals surface area contributed by atoms with E-state index >= 15 is 0 Å². The smallest absolute Gasteiger partial charge is 0.118 e. The second-order valence-electron chi connectivity index (χ2n) is 4.00. The Morgan fingerprint density at radius 1 is 1.42 bits per heavy atom. The molecule has 1 saturated carbocycles. The molecule has 0 aromatic heterocycles. The van der Waals surface area contributed by atoms with E-state index in [0.29, 0.717) is 6.54 Å². The van der Waals surface area contributed by atoms with Crippen molar-refractivity contribution in [1.29, 1.82) is 0 Å². The van der Waals surface area contributed by atoms with Gasteiger partial charge in [-0.05, 0) is 25.8 Å². The Morgan fingerprint density at radius 3 is 2.50 bits per heavy atom. The zero-order valence-corrected chi connectivity index (χ0v) is 7.83. The van der Waals surface area contributed by atoms with Gasteiger partial charge >= 0.3 is 0 Å². The second kappa shape index (κ2) is 3.13. The van der Waals surface area contributed by atoms with Crippen LogP contribution in [0.15, 0.2) is 0 Å². The van der Waals surface area contributed by atoms with Gasteiger partial charge in [0.1, 0.15) is 6.67 Å². The molecule has 3 rings (SSSR count). The fraction of sp³-hybridized carbons (Fsp3) is 1.00. The first-order chi connectivity index (χ1) is 5.24. The third kappa shape index (κ3) is 1.24. The molecule has 2 bridgehead atoms. The molecule has 0 unspecified atom stereocenters. The van der Waals surface area contributed by atoms with E-state index in [9.17, 15) is 4.39 Å². The molecule has 2 aliphatic heterocycles. The van der Waals surface area contributed by atoms with Gasteiger partial charge in [0.25, 0.3) is 0 Å². The zero-order chi connectivity index (χ0) is 7.95. The maximum atomic E-state index is 12.4. The minimum atomic E-state index is -0.380. The molecule has 2 nitrogen and oxygen atoms in total. The number of fused-ring (bicyclic) bond motifs is 1. The van der Waals surface area contributed by atoms with Gasteiger partial charge in [-0.25, -0.2) is 4.39 Å². The molecule has 72 valence electrons. The van der Waals surface area contributed by atoms with Crippen LogP contribution in [0, 0.1) is 5.41 Å². The van der Waals surface area contributed by atoms with Crippen LogP contribution in [0.3, 0.4) is 0 Å². The molecular weight excluding hydrogens is 181 g/mol. The fourth-order valence-electron chi connectivity index (χ4n) is 2.51. The minimum Gasteiger partial charge on any atom is -0.372 e. The van der Waals surface area contributed by atoms with Gasteiger partial charge in [0.2, 0.25) is 0 Å². The predicted molar refractivity (Wildman–Crippen MR) is 47.2 cm³/mol. The molecule has 0 aromatic carbocycles.